The van der Waals surface area contributed by atoms with Crippen LogP contribution < -0.4 is 20.0 Å². The minimum absolute atomic E-state index is 0.242. The number of nitrogens with zero attached hydrogens (tertiary/aromatic N) is 3. The van der Waals surface area contributed by atoms with E-state index in [4.69, 9.17) is 4.42 Å². The first-order valence-corrected chi connectivity index (χ1v) is 8.30. The quantitative estimate of drug-likeness (QED) is 0.507. The monoisotopic (exact) mass is 318 g/mol. The lowest BCUT2D eigenvalue weighted by Crippen LogP contribution is -2.50. The molecule has 1 aliphatic heterocycles. The molecular formula is C19H21BN3O+. The summed E-state index contributed by atoms with van der Waals surface area (Å²) < 4.78 is 8.25. The third kappa shape index (κ3) is 2.08. The van der Waals surface area contributed by atoms with Crippen molar-refractivity contribution < 1.29 is 8.98 Å². The average Bonchev–Trinajstić information content (AvgIpc) is 2.91. The maximum absolute atomic E-state index is 6.07. The lowest BCUT2D eigenvalue weighted by atomic mass is 9.60. The molecule has 5 heteroatoms. The largest absolute Gasteiger partial charge is 0.434 e. The molecule has 4 rings (SSSR count). The summed E-state index contributed by atoms with van der Waals surface area (Å²) in [4.78, 5) is 6.69. The predicted molar refractivity (Wildman–Crippen MR) is 98.0 cm³/mol. The highest BCUT2D eigenvalue weighted by atomic mass is 16.3. The molecule has 0 unspecified atom stereocenters. The molecule has 0 radical (unpaired) electrons. The molecule has 0 N–H and O–H groups in total. The third-order valence-corrected chi connectivity index (χ3v) is 4.97. The summed E-state index contributed by atoms with van der Waals surface area (Å²) in [6.45, 7) is 8.89. The van der Waals surface area contributed by atoms with E-state index in [2.05, 4.69) is 73.3 Å². The van der Waals surface area contributed by atoms with Crippen LogP contribution in [0.15, 0.2) is 35.0 Å². The van der Waals surface area contributed by atoms with E-state index in [0.717, 1.165) is 21.7 Å². The molecule has 0 aromatic carbocycles. The number of rotatable bonds is 1. The van der Waals surface area contributed by atoms with E-state index in [1.165, 1.54) is 16.9 Å². The van der Waals surface area contributed by atoms with Gasteiger partial charge in [-0.25, -0.2) is 9.55 Å². The van der Waals surface area contributed by atoms with Gasteiger partial charge in [-0.05, 0) is 50.9 Å². The van der Waals surface area contributed by atoms with Crippen molar-refractivity contribution in [2.24, 2.45) is 7.05 Å². The van der Waals surface area contributed by atoms with Gasteiger partial charge in [-0.15, -0.1) is 0 Å². The van der Waals surface area contributed by atoms with Gasteiger partial charge in [0.05, 0.1) is 13.2 Å². The first-order chi connectivity index (χ1) is 11.5. The van der Waals surface area contributed by atoms with Crippen LogP contribution in [0.5, 0.6) is 0 Å². The smallest absolute Gasteiger partial charge is 0.402 e. The summed E-state index contributed by atoms with van der Waals surface area (Å²) in [6.07, 6.45) is 3.96. The molecule has 0 amide bonds. The maximum atomic E-state index is 6.07. The molecule has 3 aromatic rings. The Morgan fingerprint density at radius 1 is 1.21 bits per heavy atom. The van der Waals surface area contributed by atoms with Gasteiger partial charge in [0.1, 0.15) is 5.70 Å². The molecule has 3 aromatic heterocycles. The number of anilines is 1. The fourth-order valence-corrected chi connectivity index (χ4v) is 3.60. The second kappa shape index (κ2) is 5.23. The van der Waals surface area contributed by atoms with Crippen molar-refractivity contribution in [2.75, 3.05) is 4.81 Å². The first-order valence-electron chi connectivity index (χ1n) is 8.30. The van der Waals surface area contributed by atoms with Gasteiger partial charge in [-0.2, -0.15) is 0 Å². The highest BCUT2D eigenvalue weighted by Gasteiger charge is 2.34. The summed E-state index contributed by atoms with van der Waals surface area (Å²) in [7, 11) is 2.09. The van der Waals surface area contributed by atoms with Gasteiger partial charge in [-0.1, -0.05) is 5.98 Å². The number of fused-ring (bicyclic) bond motifs is 3. The number of pyridine rings is 2. The Morgan fingerprint density at radius 3 is 2.79 bits per heavy atom. The lowest BCUT2D eigenvalue weighted by molar-refractivity contribution is -0.658. The summed E-state index contributed by atoms with van der Waals surface area (Å²) in [5.74, 6) is 3.43. The van der Waals surface area contributed by atoms with Crippen LogP contribution >= 0.6 is 0 Å². The van der Waals surface area contributed by atoms with Crippen LogP contribution in [0.25, 0.3) is 22.8 Å². The number of aryl methyl sites for hydroxylation is 3. The summed E-state index contributed by atoms with van der Waals surface area (Å²) in [5.41, 5.74) is 5.33. The standard InChI is InChI=1S/C19H21BN3O/c1-12-9-17(22(5)11-13(12)2)23-14(3)18-16(10-20(23)4)15-7-6-8-21-19(15)24-18/h6-11H,1-5H3/q+1. The minimum Gasteiger partial charge on any atom is -0.434 e. The fourth-order valence-electron chi connectivity index (χ4n) is 3.60. The first kappa shape index (κ1) is 15.0. The van der Waals surface area contributed by atoms with Crippen LogP contribution in [0.2, 0.25) is 6.82 Å². The molecule has 0 aliphatic carbocycles. The van der Waals surface area contributed by atoms with Crippen molar-refractivity contribution in [3.8, 4) is 0 Å². The molecule has 0 atom stereocenters. The van der Waals surface area contributed by atoms with E-state index in [0.29, 0.717) is 5.71 Å². The maximum Gasteiger partial charge on any atom is 0.402 e. The SMILES string of the molecule is CB1C=c2c(oc3ncccc23)=C(C)N1c1cc(C)c(C)c[n+]1C. The van der Waals surface area contributed by atoms with Gasteiger partial charge >= 0.3 is 6.85 Å². The third-order valence-electron chi connectivity index (χ3n) is 4.97. The van der Waals surface area contributed by atoms with Crippen molar-refractivity contribution >= 4 is 35.4 Å². The Morgan fingerprint density at radius 2 is 2.00 bits per heavy atom. The molecule has 120 valence electrons. The number of furan rings is 1. The van der Waals surface area contributed by atoms with Crippen LogP contribution in [0.1, 0.15) is 18.1 Å². The molecule has 4 heterocycles. The fraction of sp³-hybridized carbons (Fsp3) is 0.263. The van der Waals surface area contributed by atoms with Crippen LogP contribution in [-0.2, 0) is 7.05 Å². The van der Waals surface area contributed by atoms with E-state index in [-0.39, 0.29) is 6.85 Å². The molecule has 0 saturated heterocycles. The highest BCUT2D eigenvalue weighted by Crippen LogP contribution is 2.22. The molecule has 4 nitrogen and oxygen atoms in total. The Hall–Kier alpha value is -2.56. The van der Waals surface area contributed by atoms with E-state index in [9.17, 15) is 0 Å². The van der Waals surface area contributed by atoms with E-state index < -0.39 is 0 Å². The summed E-state index contributed by atoms with van der Waals surface area (Å²) in [6, 6.07) is 6.28. The molecule has 0 bridgehead atoms. The normalized spacial score (nSPS) is 14.1. The predicted octanol–water partition coefficient (Wildman–Crippen LogP) is 1.86. The van der Waals surface area contributed by atoms with E-state index in [1.807, 2.05) is 6.07 Å². The molecule has 0 fully saturated rings. The Kier molecular flexibility index (Phi) is 3.27. The lowest BCUT2D eigenvalue weighted by Gasteiger charge is -2.23. The van der Waals surface area contributed by atoms with Gasteiger partial charge in [0.15, 0.2) is 5.42 Å². The van der Waals surface area contributed by atoms with E-state index in [1.54, 1.807) is 6.20 Å². The van der Waals surface area contributed by atoms with Gasteiger partial charge < -0.3 is 4.42 Å². The van der Waals surface area contributed by atoms with Crippen molar-refractivity contribution in [2.45, 2.75) is 27.6 Å². The summed E-state index contributed by atoms with van der Waals surface area (Å²) in [5, 5.41) is 2.24. The van der Waals surface area contributed by atoms with Crippen LogP contribution in [0.4, 0.5) is 5.82 Å². The second-order valence-corrected chi connectivity index (χ2v) is 6.67. The van der Waals surface area contributed by atoms with Crippen molar-refractivity contribution in [1.29, 1.82) is 0 Å². The second-order valence-electron chi connectivity index (χ2n) is 6.67. The van der Waals surface area contributed by atoms with Gasteiger partial charge in [-0.3, -0.25) is 4.81 Å². The minimum atomic E-state index is 0.242. The van der Waals surface area contributed by atoms with Gasteiger partial charge in [0.25, 0.3) is 5.82 Å². The van der Waals surface area contributed by atoms with Crippen LogP contribution in [0.3, 0.4) is 0 Å². The zero-order valence-electron chi connectivity index (χ0n) is 14.8. The van der Waals surface area contributed by atoms with Gasteiger partial charge in [0, 0.05) is 22.9 Å². The molecule has 0 saturated carbocycles. The van der Waals surface area contributed by atoms with Crippen LogP contribution in [-0.4, -0.2) is 11.8 Å². The molecular weight excluding hydrogens is 297 g/mol. The zero-order valence-corrected chi connectivity index (χ0v) is 14.8. The number of hydrogen-bond acceptors (Lipinski definition) is 3. The number of aromatic nitrogens is 2. The Labute approximate surface area is 141 Å². The van der Waals surface area contributed by atoms with Crippen LogP contribution in [0, 0.1) is 13.8 Å². The van der Waals surface area contributed by atoms with Crippen molar-refractivity contribution in [1.82, 2.24) is 4.98 Å². The summed E-state index contributed by atoms with van der Waals surface area (Å²) >= 11 is 0. The van der Waals surface area contributed by atoms with Crippen molar-refractivity contribution in [3.63, 3.8) is 0 Å². The zero-order chi connectivity index (χ0) is 17.0. The molecule has 24 heavy (non-hydrogen) atoms. The van der Waals surface area contributed by atoms with Gasteiger partial charge in [0.2, 0.25) is 5.71 Å². The molecule has 1 aliphatic rings. The molecule has 0 spiro atoms. The average molecular weight is 318 g/mol. The van der Waals surface area contributed by atoms with E-state index >= 15 is 0 Å². The topological polar surface area (TPSA) is 33.2 Å². The Bertz CT molecular complexity index is 1080. The highest BCUT2D eigenvalue weighted by molar-refractivity contribution is 6.77. The Balaban J connectivity index is 2.01. The number of hydrogen-bond donors (Lipinski definition) is 0. The van der Waals surface area contributed by atoms with Crippen molar-refractivity contribution in [3.05, 3.63) is 52.4 Å².